The van der Waals surface area contributed by atoms with E-state index in [4.69, 9.17) is 4.74 Å². The summed E-state index contributed by atoms with van der Waals surface area (Å²) in [7, 11) is 1.26. The molecule has 0 bridgehead atoms. The van der Waals surface area contributed by atoms with Gasteiger partial charge >= 0.3 is 5.97 Å². The van der Waals surface area contributed by atoms with Crippen molar-refractivity contribution in [3.05, 3.63) is 58.5 Å². The second-order valence-electron chi connectivity index (χ2n) is 4.82. The number of methoxy groups -OCH3 is 1. The van der Waals surface area contributed by atoms with Gasteiger partial charge in [-0.15, -0.1) is 0 Å². The monoisotopic (exact) mass is 330 g/mol. The van der Waals surface area contributed by atoms with Crippen LogP contribution in [0.4, 0.5) is 5.69 Å². The molecule has 0 aliphatic heterocycles. The number of benzene rings is 1. The molecule has 0 aliphatic carbocycles. The molecule has 0 radical (unpaired) electrons. The molecule has 0 aliphatic rings. The molecule has 1 aromatic heterocycles. The fourth-order valence-electron chi connectivity index (χ4n) is 2.13. The van der Waals surface area contributed by atoms with Crippen LogP contribution in [-0.4, -0.2) is 30.2 Å². The Kier molecular flexibility index (Phi) is 5.73. The number of esters is 1. The number of hydrogen-bond acceptors (Lipinski definition) is 5. The average molecular weight is 330 g/mol. The van der Waals surface area contributed by atoms with Gasteiger partial charge in [0.1, 0.15) is 6.54 Å². The zero-order valence-corrected chi connectivity index (χ0v) is 13.4. The maximum Gasteiger partial charge on any atom is 0.339 e. The van der Waals surface area contributed by atoms with Gasteiger partial charge in [0, 0.05) is 6.20 Å². The maximum atomic E-state index is 12.2. The van der Waals surface area contributed by atoms with Crippen LogP contribution in [0.25, 0.3) is 0 Å². The molecule has 1 aromatic carbocycles. The van der Waals surface area contributed by atoms with E-state index >= 15 is 0 Å². The summed E-state index contributed by atoms with van der Waals surface area (Å²) in [6, 6.07) is 9.66. The molecule has 1 amide bonds. The number of para-hydroxylation sites is 1. The number of nitrogens with zero attached hydrogens (tertiary/aromatic N) is 1. The molecule has 2 rings (SSSR count). The van der Waals surface area contributed by atoms with Gasteiger partial charge in [-0.1, -0.05) is 12.1 Å². The minimum absolute atomic E-state index is 0.183. The minimum atomic E-state index is -0.554. The van der Waals surface area contributed by atoms with Gasteiger partial charge in [-0.2, -0.15) is 0 Å². The van der Waals surface area contributed by atoms with Crippen LogP contribution in [0, 0.1) is 0 Å². The molecule has 24 heavy (non-hydrogen) atoms. The third kappa shape index (κ3) is 4.01. The summed E-state index contributed by atoms with van der Waals surface area (Å²) in [6.45, 7) is 1.93. The number of anilines is 1. The summed E-state index contributed by atoms with van der Waals surface area (Å²) in [4.78, 5) is 36.1. The first-order chi connectivity index (χ1) is 11.6. The molecule has 0 spiro atoms. The summed E-state index contributed by atoms with van der Waals surface area (Å²) in [6.07, 6.45) is 1.50. The van der Waals surface area contributed by atoms with Gasteiger partial charge in [0.15, 0.2) is 5.75 Å². The Morgan fingerprint density at radius 3 is 2.62 bits per heavy atom. The predicted molar refractivity (Wildman–Crippen MR) is 88.3 cm³/mol. The second kappa shape index (κ2) is 7.96. The lowest BCUT2D eigenvalue weighted by atomic mass is 10.2. The van der Waals surface area contributed by atoms with Crippen molar-refractivity contribution in [3.63, 3.8) is 0 Å². The van der Waals surface area contributed by atoms with Crippen molar-refractivity contribution in [1.82, 2.24) is 4.57 Å². The van der Waals surface area contributed by atoms with E-state index in [1.54, 1.807) is 43.3 Å². The molecule has 7 nitrogen and oxygen atoms in total. The Bertz CT molecular complexity index is 798. The van der Waals surface area contributed by atoms with E-state index in [9.17, 15) is 14.4 Å². The first kappa shape index (κ1) is 17.3. The van der Waals surface area contributed by atoms with Gasteiger partial charge in [0.05, 0.1) is 25.0 Å². The van der Waals surface area contributed by atoms with E-state index in [-0.39, 0.29) is 17.9 Å². The van der Waals surface area contributed by atoms with Crippen molar-refractivity contribution in [2.24, 2.45) is 0 Å². The van der Waals surface area contributed by atoms with Crippen LogP contribution in [0.2, 0.25) is 0 Å². The zero-order chi connectivity index (χ0) is 17.5. The van der Waals surface area contributed by atoms with Crippen LogP contribution in [0.1, 0.15) is 17.3 Å². The van der Waals surface area contributed by atoms with Crippen LogP contribution in [0.15, 0.2) is 47.4 Å². The van der Waals surface area contributed by atoms with E-state index in [0.29, 0.717) is 12.3 Å². The van der Waals surface area contributed by atoms with Gasteiger partial charge in [-0.25, -0.2) is 4.79 Å². The highest BCUT2D eigenvalue weighted by Crippen LogP contribution is 2.16. The Hall–Kier alpha value is -3.09. The molecular weight excluding hydrogens is 312 g/mol. The quantitative estimate of drug-likeness (QED) is 0.814. The Morgan fingerprint density at radius 2 is 1.92 bits per heavy atom. The smallest absolute Gasteiger partial charge is 0.339 e. The molecular formula is C17H18N2O5. The number of pyridine rings is 1. The summed E-state index contributed by atoms with van der Waals surface area (Å²) < 4.78 is 11.1. The molecule has 2 aromatic rings. The molecule has 0 saturated carbocycles. The van der Waals surface area contributed by atoms with Gasteiger partial charge in [0.2, 0.25) is 5.91 Å². The fourth-order valence-corrected chi connectivity index (χ4v) is 2.13. The number of aromatic nitrogens is 1. The van der Waals surface area contributed by atoms with E-state index in [0.717, 1.165) is 0 Å². The number of hydrogen-bond donors (Lipinski definition) is 1. The molecule has 0 unspecified atom stereocenters. The fraction of sp³-hybridized carbons (Fsp3) is 0.235. The van der Waals surface area contributed by atoms with Crippen molar-refractivity contribution in [1.29, 1.82) is 0 Å². The van der Waals surface area contributed by atoms with Crippen LogP contribution in [-0.2, 0) is 16.1 Å². The summed E-state index contributed by atoms with van der Waals surface area (Å²) >= 11 is 0. The first-order valence-corrected chi connectivity index (χ1v) is 7.36. The maximum absolute atomic E-state index is 12.2. The zero-order valence-electron chi connectivity index (χ0n) is 13.4. The van der Waals surface area contributed by atoms with Crippen molar-refractivity contribution >= 4 is 17.6 Å². The lowest BCUT2D eigenvalue weighted by Crippen LogP contribution is -2.28. The predicted octanol–water partition coefficient (Wildman–Crippen LogP) is 1.67. The van der Waals surface area contributed by atoms with E-state index in [1.165, 1.54) is 17.9 Å². The van der Waals surface area contributed by atoms with Gasteiger partial charge < -0.3 is 19.4 Å². The largest absolute Gasteiger partial charge is 0.488 e. The minimum Gasteiger partial charge on any atom is -0.488 e. The summed E-state index contributed by atoms with van der Waals surface area (Å²) in [5.41, 5.74) is 0.169. The highest BCUT2D eigenvalue weighted by atomic mass is 16.5. The lowest BCUT2D eigenvalue weighted by Gasteiger charge is -2.11. The second-order valence-corrected chi connectivity index (χ2v) is 4.82. The van der Waals surface area contributed by atoms with Gasteiger partial charge in [-0.3, -0.25) is 9.59 Å². The molecule has 1 heterocycles. The molecule has 0 saturated heterocycles. The number of amides is 1. The number of carbonyl (C=O) groups is 2. The lowest BCUT2D eigenvalue weighted by molar-refractivity contribution is -0.116. The van der Waals surface area contributed by atoms with Crippen molar-refractivity contribution < 1.29 is 19.1 Å². The summed E-state index contributed by atoms with van der Waals surface area (Å²) in [5, 5.41) is 2.61. The Labute approximate surface area is 138 Å². The standard InChI is InChI=1S/C17H18N2O5/c1-3-24-14-9-6-10-19(16(14)21)11-15(20)18-13-8-5-4-7-12(13)17(22)23-2/h4-10H,3,11H2,1-2H3,(H,18,20). The highest BCUT2D eigenvalue weighted by molar-refractivity contribution is 6.01. The average Bonchev–Trinajstić information content (AvgIpc) is 2.58. The third-order valence-electron chi connectivity index (χ3n) is 3.21. The number of ether oxygens (including phenoxy) is 2. The first-order valence-electron chi connectivity index (χ1n) is 7.36. The van der Waals surface area contributed by atoms with Gasteiger partial charge in [0.25, 0.3) is 5.56 Å². The van der Waals surface area contributed by atoms with Crippen LogP contribution in [0.3, 0.4) is 0 Å². The number of rotatable bonds is 6. The molecule has 1 N–H and O–H groups in total. The highest BCUT2D eigenvalue weighted by Gasteiger charge is 2.14. The molecule has 0 fully saturated rings. The molecule has 0 atom stereocenters. The van der Waals surface area contributed by atoms with Crippen molar-refractivity contribution in [2.75, 3.05) is 19.0 Å². The van der Waals surface area contributed by atoms with Gasteiger partial charge in [-0.05, 0) is 31.2 Å². The summed E-state index contributed by atoms with van der Waals surface area (Å²) in [5.74, 6) is -0.814. The Morgan fingerprint density at radius 1 is 1.17 bits per heavy atom. The number of carbonyl (C=O) groups excluding carboxylic acids is 2. The number of nitrogens with one attached hydrogen (secondary N) is 1. The normalized spacial score (nSPS) is 10.1. The third-order valence-corrected chi connectivity index (χ3v) is 3.21. The van der Waals surface area contributed by atoms with Crippen molar-refractivity contribution in [2.45, 2.75) is 13.5 Å². The Balaban J connectivity index is 2.17. The van der Waals surface area contributed by atoms with Crippen LogP contribution < -0.4 is 15.6 Å². The topological polar surface area (TPSA) is 86.6 Å². The van der Waals surface area contributed by atoms with Crippen LogP contribution >= 0.6 is 0 Å². The van der Waals surface area contributed by atoms with E-state index < -0.39 is 17.4 Å². The molecule has 126 valence electrons. The van der Waals surface area contributed by atoms with Crippen LogP contribution in [0.5, 0.6) is 5.75 Å². The molecule has 7 heteroatoms. The van der Waals surface area contributed by atoms with E-state index in [1.807, 2.05) is 0 Å². The SMILES string of the molecule is CCOc1cccn(CC(=O)Nc2ccccc2C(=O)OC)c1=O. The van der Waals surface area contributed by atoms with Crippen molar-refractivity contribution in [3.8, 4) is 5.75 Å². The van der Waals surface area contributed by atoms with E-state index in [2.05, 4.69) is 10.1 Å².